The summed E-state index contributed by atoms with van der Waals surface area (Å²) in [5.41, 5.74) is 3.21. The first-order chi connectivity index (χ1) is 9.72. The molecule has 5 nitrogen and oxygen atoms in total. The van der Waals surface area contributed by atoms with Crippen LogP contribution in [0.2, 0.25) is 0 Å². The summed E-state index contributed by atoms with van der Waals surface area (Å²) in [6.07, 6.45) is 5.00. The summed E-state index contributed by atoms with van der Waals surface area (Å²) in [7, 11) is 1.87. The van der Waals surface area contributed by atoms with E-state index >= 15 is 0 Å². The first-order valence-electron chi connectivity index (χ1n) is 6.84. The molecule has 1 saturated carbocycles. The maximum Gasteiger partial charge on any atom is 0.256 e. The lowest BCUT2D eigenvalue weighted by atomic mass is 9.91. The number of aromatic nitrogens is 1. The van der Waals surface area contributed by atoms with Gasteiger partial charge in [-0.2, -0.15) is 0 Å². The SMILES string of the molecule is CN(C(=O)c1cnc(NN)c2ccccc12)C1CCC1. The summed E-state index contributed by atoms with van der Waals surface area (Å²) in [6.45, 7) is 0. The Hall–Kier alpha value is -2.14. The van der Waals surface area contributed by atoms with E-state index in [1.807, 2.05) is 36.2 Å². The smallest absolute Gasteiger partial charge is 0.256 e. The van der Waals surface area contributed by atoms with Gasteiger partial charge in [0.2, 0.25) is 0 Å². The summed E-state index contributed by atoms with van der Waals surface area (Å²) in [5, 5.41) is 1.74. The van der Waals surface area contributed by atoms with Crippen molar-refractivity contribution in [3.8, 4) is 0 Å². The normalized spacial score (nSPS) is 14.9. The number of amides is 1. The van der Waals surface area contributed by atoms with Crippen molar-refractivity contribution in [3.05, 3.63) is 36.0 Å². The molecule has 0 spiro atoms. The summed E-state index contributed by atoms with van der Waals surface area (Å²) in [4.78, 5) is 18.7. The molecule has 1 fully saturated rings. The van der Waals surface area contributed by atoms with Gasteiger partial charge in [-0.1, -0.05) is 24.3 Å². The zero-order chi connectivity index (χ0) is 14.1. The van der Waals surface area contributed by atoms with Crippen molar-refractivity contribution in [1.82, 2.24) is 9.88 Å². The second-order valence-electron chi connectivity index (χ2n) is 5.21. The number of carbonyl (C=O) groups excluding carboxylic acids is 1. The molecule has 1 amide bonds. The number of nitrogens with zero attached hydrogens (tertiary/aromatic N) is 2. The number of hydrogen-bond acceptors (Lipinski definition) is 4. The minimum Gasteiger partial charge on any atom is -0.339 e. The topological polar surface area (TPSA) is 71.2 Å². The molecule has 1 aromatic heterocycles. The number of pyridine rings is 1. The highest BCUT2D eigenvalue weighted by molar-refractivity contribution is 6.09. The number of hydrogen-bond donors (Lipinski definition) is 2. The minimum atomic E-state index is 0.0296. The van der Waals surface area contributed by atoms with Crippen LogP contribution in [0, 0.1) is 0 Å². The Balaban J connectivity index is 2.05. The monoisotopic (exact) mass is 270 g/mol. The molecule has 1 aliphatic rings. The average Bonchev–Trinajstić information content (AvgIpc) is 2.43. The number of rotatable bonds is 3. The zero-order valence-electron chi connectivity index (χ0n) is 11.5. The van der Waals surface area contributed by atoms with Crippen LogP contribution < -0.4 is 11.3 Å². The van der Waals surface area contributed by atoms with Gasteiger partial charge in [0.05, 0.1) is 5.56 Å². The lowest BCUT2D eigenvalue weighted by molar-refractivity contribution is 0.0653. The van der Waals surface area contributed by atoms with Crippen LogP contribution in [0.25, 0.3) is 10.8 Å². The van der Waals surface area contributed by atoms with Gasteiger partial charge >= 0.3 is 0 Å². The van der Waals surface area contributed by atoms with Crippen LogP contribution in [-0.2, 0) is 0 Å². The van der Waals surface area contributed by atoms with Gasteiger partial charge in [-0.25, -0.2) is 10.8 Å². The molecule has 104 valence electrons. The van der Waals surface area contributed by atoms with Gasteiger partial charge in [0.1, 0.15) is 5.82 Å². The summed E-state index contributed by atoms with van der Waals surface area (Å²) < 4.78 is 0. The Labute approximate surface area is 117 Å². The fraction of sp³-hybridized carbons (Fsp3) is 0.333. The second-order valence-corrected chi connectivity index (χ2v) is 5.21. The Morgan fingerprint density at radius 2 is 2.05 bits per heavy atom. The first-order valence-corrected chi connectivity index (χ1v) is 6.84. The van der Waals surface area contributed by atoms with E-state index in [1.54, 1.807) is 6.20 Å². The van der Waals surface area contributed by atoms with E-state index in [9.17, 15) is 4.79 Å². The van der Waals surface area contributed by atoms with Gasteiger partial charge in [-0.15, -0.1) is 0 Å². The molecular weight excluding hydrogens is 252 g/mol. The average molecular weight is 270 g/mol. The Morgan fingerprint density at radius 3 is 2.65 bits per heavy atom. The predicted octanol–water partition coefficient (Wildman–Crippen LogP) is 2.14. The minimum absolute atomic E-state index is 0.0296. The molecule has 5 heteroatoms. The third kappa shape index (κ3) is 2.00. The maximum atomic E-state index is 12.6. The van der Waals surface area contributed by atoms with E-state index in [1.165, 1.54) is 6.42 Å². The highest BCUT2D eigenvalue weighted by Crippen LogP contribution is 2.28. The molecule has 2 aromatic rings. The lowest BCUT2D eigenvalue weighted by Gasteiger charge is -2.34. The fourth-order valence-corrected chi connectivity index (χ4v) is 2.61. The number of nitrogens with two attached hydrogens (primary N) is 1. The largest absolute Gasteiger partial charge is 0.339 e. The fourth-order valence-electron chi connectivity index (χ4n) is 2.61. The van der Waals surface area contributed by atoms with Gasteiger partial charge in [-0.3, -0.25) is 4.79 Å². The van der Waals surface area contributed by atoms with Crippen LogP contribution in [-0.4, -0.2) is 28.9 Å². The standard InChI is InChI=1S/C15H18N4O/c1-19(10-5-4-6-10)15(20)13-9-17-14(18-16)12-8-3-2-7-11(12)13/h2-3,7-10H,4-6,16H2,1H3,(H,17,18). The third-order valence-electron chi connectivity index (χ3n) is 4.10. The van der Waals surface area contributed by atoms with E-state index in [0.717, 1.165) is 23.6 Å². The predicted molar refractivity (Wildman–Crippen MR) is 79.3 cm³/mol. The van der Waals surface area contributed by atoms with Crippen molar-refractivity contribution in [2.45, 2.75) is 25.3 Å². The molecule has 0 aliphatic heterocycles. The Morgan fingerprint density at radius 1 is 1.35 bits per heavy atom. The summed E-state index contributed by atoms with van der Waals surface area (Å²) in [6, 6.07) is 8.04. The molecule has 3 rings (SSSR count). The highest BCUT2D eigenvalue weighted by atomic mass is 16.2. The molecule has 20 heavy (non-hydrogen) atoms. The molecular formula is C15H18N4O. The number of fused-ring (bicyclic) bond motifs is 1. The molecule has 0 bridgehead atoms. The van der Waals surface area contributed by atoms with Gasteiger partial charge in [0, 0.05) is 24.7 Å². The molecule has 0 radical (unpaired) electrons. The van der Waals surface area contributed by atoms with E-state index in [4.69, 9.17) is 5.84 Å². The van der Waals surface area contributed by atoms with Gasteiger partial charge in [0.15, 0.2) is 0 Å². The van der Waals surface area contributed by atoms with E-state index < -0.39 is 0 Å². The quantitative estimate of drug-likeness (QED) is 0.662. The van der Waals surface area contributed by atoms with Crippen LogP contribution >= 0.6 is 0 Å². The third-order valence-corrected chi connectivity index (χ3v) is 4.10. The van der Waals surface area contributed by atoms with Crippen molar-refractivity contribution in [1.29, 1.82) is 0 Å². The van der Waals surface area contributed by atoms with Crippen molar-refractivity contribution >= 4 is 22.5 Å². The molecule has 0 saturated heterocycles. The van der Waals surface area contributed by atoms with Crippen molar-refractivity contribution in [2.24, 2.45) is 5.84 Å². The Kier molecular flexibility index (Phi) is 3.28. The first kappa shape index (κ1) is 12.9. The van der Waals surface area contributed by atoms with Gasteiger partial charge in [-0.05, 0) is 24.6 Å². The van der Waals surface area contributed by atoms with Gasteiger partial charge < -0.3 is 10.3 Å². The molecule has 1 aliphatic carbocycles. The van der Waals surface area contributed by atoms with Crippen LogP contribution in [0.3, 0.4) is 0 Å². The van der Waals surface area contributed by atoms with Crippen molar-refractivity contribution in [2.75, 3.05) is 12.5 Å². The number of anilines is 1. The summed E-state index contributed by atoms with van der Waals surface area (Å²) >= 11 is 0. The number of nitrogen functional groups attached to an aromatic ring is 1. The lowest BCUT2D eigenvalue weighted by Crippen LogP contribution is -2.41. The highest BCUT2D eigenvalue weighted by Gasteiger charge is 2.27. The molecule has 0 unspecified atom stereocenters. The van der Waals surface area contributed by atoms with Gasteiger partial charge in [0.25, 0.3) is 5.91 Å². The van der Waals surface area contributed by atoms with E-state index in [0.29, 0.717) is 17.4 Å². The molecule has 1 aromatic carbocycles. The van der Waals surface area contributed by atoms with E-state index in [-0.39, 0.29) is 5.91 Å². The second kappa shape index (κ2) is 5.09. The number of carbonyl (C=O) groups is 1. The molecule has 1 heterocycles. The molecule has 0 atom stereocenters. The van der Waals surface area contributed by atoms with Crippen LogP contribution in [0.4, 0.5) is 5.82 Å². The number of hydrazine groups is 1. The van der Waals surface area contributed by atoms with E-state index in [2.05, 4.69) is 10.4 Å². The van der Waals surface area contributed by atoms with Crippen LogP contribution in [0.5, 0.6) is 0 Å². The zero-order valence-corrected chi connectivity index (χ0v) is 11.5. The summed E-state index contributed by atoms with van der Waals surface area (Å²) in [5.74, 6) is 6.09. The Bertz CT molecular complexity index is 651. The van der Waals surface area contributed by atoms with Crippen LogP contribution in [0.1, 0.15) is 29.6 Å². The number of benzene rings is 1. The number of nitrogens with one attached hydrogen (secondary N) is 1. The van der Waals surface area contributed by atoms with Crippen molar-refractivity contribution in [3.63, 3.8) is 0 Å². The van der Waals surface area contributed by atoms with Crippen molar-refractivity contribution < 1.29 is 4.79 Å². The molecule has 3 N–H and O–H groups in total. The van der Waals surface area contributed by atoms with Crippen LogP contribution in [0.15, 0.2) is 30.5 Å². The maximum absolute atomic E-state index is 12.6.